The Bertz CT molecular complexity index is 570. The van der Waals surface area contributed by atoms with Gasteiger partial charge in [-0.25, -0.2) is 9.97 Å². The second-order valence-electron chi connectivity index (χ2n) is 4.20. The third kappa shape index (κ3) is 1.64. The molecular formula is C11H14N4O3. The fraction of sp³-hybridized carbons (Fsp3) is 0.455. The predicted molar refractivity (Wildman–Crippen MR) is 63.5 cm³/mol. The highest BCUT2D eigenvalue weighted by molar-refractivity contribution is 5.86. The quantitative estimate of drug-likeness (QED) is 0.794. The van der Waals surface area contributed by atoms with Crippen molar-refractivity contribution in [1.29, 1.82) is 0 Å². The summed E-state index contributed by atoms with van der Waals surface area (Å²) in [5.41, 5.74) is 6.48. The van der Waals surface area contributed by atoms with E-state index in [4.69, 9.17) is 20.3 Å². The number of ether oxygens (including phenoxy) is 2. The molecule has 3 atom stereocenters. The molecule has 1 aliphatic heterocycles. The maximum Gasteiger partial charge on any atom is 0.183 e. The third-order valence-electron chi connectivity index (χ3n) is 3.02. The van der Waals surface area contributed by atoms with Gasteiger partial charge in [-0.3, -0.25) is 0 Å². The Morgan fingerprint density at radius 1 is 1.44 bits per heavy atom. The molecule has 3 rings (SSSR count). The van der Waals surface area contributed by atoms with Gasteiger partial charge in [-0.1, -0.05) is 0 Å². The zero-order chi connectivity index (χ0) is 12.7. The Balaban J connectivity index is 2.02. The van der Waals surface area contributed by atoms with E-state index in [0.29, 0.717) is 11.5 Å². The molecular weight excluding hydrogens is 236 g/mol. The van der Waals surface area contributed by atoms with Crippen LogP contribution in [0.1, 0.15) is 13.2 Å². The molecule has 3 N–H and O–H groups in total. The van der Waals surface area contributed by atoms with Crippen LogP contribution in [0.5, 0.6) is 0 Å². The molecule has 0 saturated carbocycles. The van der Waals surface area contributed by atoms with E-state index in [1.807, 2.05) is 23.8 Å². The number of hydrogen-bond acceptors (Lipinski definition) is 6. The van der Waals surface area contributed by atoms with Crippen LogP contribution in [0.4, 0.5) is 5.82 Å². The Kier molecular flexibility index (Phi) is 2.66. The first kappa shape index (κ1) is 11.4. The molecule has 0 unspecified atom stereocenters. The van der Waals surface area contributed by atoms with E-state index in [-0.39, 0.29) is 18.9 Å². The second kappa shape index (κ2) is 4.20. The van der Waals surface area contributed by atoms with E-state index in [0.717, 1.165) is 5.39 Å². The van der Waals surface area contributed by atoms with Gasteiger partial charge in [0.1, 0.15) is 23.9 Å². The summed E-state index contributed by atoms with van der Waals surface area (Å²) in [6.07, 6.45) is 2.16. The van der Waals surface area contributed by atoms with Crippen molar-refractivity contribution >= 4 is 16.9 Å². The van der Waals surface area contributed by atoms with Crippen LogP contribution in [0.25, 0.3) is 11.0 Å². The number of nitrogens with two attached hydrogens (primary N) is 1. The Morgan fingerprint density at radius 2 is 2.28 bits per heavy atom. The molecule has 0 aromatic carbocycles. The minimum Gasteiger partial charge on any atom is -0.391 e. The molecule has 0 amide bonds. The number of anilines is 1. The fourth-order valence-electron chi connectivity index (χ4n) is 2.18. The van der Waals surface area contributed by atoms with Crippen LogP contribution in [0, 0.1) is 0 Å². The molecule has 18 heavy (non-hydrogen) atoms. The molecule has 1 saturated heterocycles. The largest absolute Gasteiger partial charge is 0.391 e. The number of fused-ring (bicyclic) bond motifs is 1. The van der Waals surface area contributed by atoms with Gasteiger partial charge >= 0.3 is 0 Å². The van der Waals surface area contributed by atoms with Gasteiger partial charge in [0.2, 0.25) is 0 Å². The summed E-state index contributed by atoms with van der Waals surface area (Å²) in [5.74, 6) is 0.434. The van der Waals surface area contributed by atoms with Gasteiger partial charge in [-0.2, -0.15) is 0 Å². The first-order valence-electron chi connectivity index (χ1n) is 5.69. The van der Waals surface area contributed by atoms with Gasteiger partial charge in [0.15, 0.2) is 12.5 Å². The average molecular weight is 250 g/mol. The van der Waals surface area contributed by atoms with Gasteiger partial charge < -0.3 is 24.9 Å². The molecule has 0 bridgehead atoms. The maximum atomic E-state index is 9.05. The van der Waals surface area contributed by atoms with Gasteiger partial charge in [0.05, 0.1) is 12.0 Å². The second-order valence-corrected chi connectivity index (χ2v) is 4.20. The van der Waals surface area contributed by atoms with Gasteiger partial charge in [0, 0.05) is 6.20 Å². The molecule has 1 aliphatic rings. The SMILES string of the molecule is C[C@H]1O[C@@H](CO)O[C@@H]1n1ccc2c(N)ncnc21. The number of rotatable bonds is 2. The van der Waals surface area contributed by atoms with E-state index >= 15 is 0 Å². The van der Waals surface area contributed by atoms with Crippen LogP contribution in [0.2, 0.25) is 0 Å². The van der Waals surface area contributed by atoms with Crippen molar-refractivity contribution in [2.75, 3.05) is 12.3 Å². The number of aliphatic hydroxyl groups excluding tert-OH is 1. The van der Waals surface area contributed by atoms with Crippen molar-refractivity contribution in [2.45, 2.75) is 25.5 Å². The van der Waals surface area contributed by atoms with E-state index in [1.165, 1.54) is 6.33 Å². The first-order valence-corrected chi connectivity index (χ1v) is 5.69. The van der Waals surface area contributed by atoms with E-state index in [9.17, 15) is 0 Å². The van der Waals surface area contributed by atoms with Gasteiger partial charge in [-0.15, -0.1) is 0 Å². The lowest BCUT2D eigenvalue weighted by Gasteiger charge is -2.15. The molecule has 3 heterocycles. The summed E-state index contributed by atoms with van der Waals surface area (Å²) in [5, 5.41) is 9.83. The van der Waals surface area contributed by atoms with Crippen molar-refractivity contribution in [3.05, 3.63) is 18.6 Å². The van der Waals surface area contributed by atoms with Crippen LogP contribution in [-0.4, -0.2) is 38.6 Å². The van der Waals surface area contributed by atoms with Crippen LogP contribution in [0.15, 0.2) is 18.6 Å². The fourth-order valence-corrected chi connectivity index (χ4v) is 2.18. The highest BCUT2D eigenvalue weighted by atomic mass is 16.7. The highest BCUT2D eigenvalue weighted by Crippen LogP contribution is 2.31. The smallest absolute Gasteiger partial charge is 0.183 e. The first-order chi connectivity index (χ1) is 8.70. The number of aromatic nitrogens is 3. The molecule has 7 nitrogen and oxygen atoms in total. The van der Waals surface area contributed by atoms with Crippen molar-refractivity contribution in [1.82, 2.24) is 14.5 Å². The summed E-state index contributed by atoms with van der Waals surface area (Å²) in [6, 6.07) is 1.84. The van der Waals surface area contributed by atoms with Crippen LogP contribution < -0.4 is 5.73 Å². The summed E-state index contributed by atoms with van der Waals surface area (Å²) in [4.78, 5) is 8.14. The van der Waals surface area contributed by atoms with Crippen molar-refractivity contribution in [2.24, 2.45) is 0 Å². The van der Waals surface area contributed by atoms with Crippen LogP contribution >= 0.6 is 0 Å². The van der Waals surface area contributed by atoms with Gasteiger partial charge in [-0.05, 0) is 13.0 Å². The van der Waals surface area contributed by atoms with Crippen molar-refractivity contribution in [3.63, 3.8) is 0 Å². The zero-order valence-electron chi connectivity index (χ0n) is 9.85. The van der Waals surface area contributed by atoms with E-state index in [2.05, 4.69) is 9.97 Å². The molecule has 0 aliphatic carbocycles. The molecule has 2 aromatic rings. The molecule has 7 heteroatoms. The lowest BCUT2D eigenvalue weighted by atomic mass is 10.3. The Labute approximate surface area is 103 Å². The topological polar surface area (TPSA) is 95.4 Å². The minimum absolute atomic E-state index is 0.169. The lowest BCUT2D eigenvalue weighted by molar-refractivity contribution is -0.101. The number of nitrogens with zero attached hydrogens (tertiary/aromatic N) is 3. The van der Waals surface area contributed by atoms with E-state index in [1.54, 1.807) is 0 Å². The van der Waals surface area contributed by atoms with Gasteiger partial charge in [0.25, 0.3) is 0 Å². The Morgan fingerprint density at radius 3 is 3.00 bits per heavy atom. The zero-order valence-corrected chi connectivity index (χ0v) is 9.85. The average Bonchev–Trinajstić information content (AvgIpc) is 2.93. The minimum atomic E-state index is -0.596. The Hall–Kier alpha value is -1.70. The number of nitrogen functional groups attached to an aromatic ring is 1. The predicted octanol–water partition coefficient (Wildman–Crippen LogP) is 0.266. The molecule has 96 valence electrons. The summed E-state index contributed by atoms with van der Waals surface area (Å²) in [6.45, 7) is 1.72. The number of aliphatic hydroxyl groups is 1. The monoisotopic (exact) mass is 250 g/mol. The normalized spacial score (nSPS) is 28.0. The summed E-state index contributed by atoms with van der Waals surface area (Å²) in [7, 11) is 0. The highest BCUT2D eigenvalue weighted by Gasteiger charge is 2.34. The van der Waals surface area contributed by atoms with Crippen molar-refractivity contribution in [3.8, 4) is 0 Å². The molecule has 2 aromatic heterocycles. The molecule has 0 spiro atoms. The summed E-state index contributed by atoms with van der Waals surface area (Å²) >= 11 is 0. The molecule has 1 fully saturated rings. The number of hydrogen-bond donors (Lipinski definition) is 2. The third-order valence-corrected chi connectivity index (χ3v) is 3.02. The van der Waals surface area contributed by atoms with Crippen LogP contribution in [-0.2, 0) is 9.47 Å². The summed E-state index contributed by atoms with van der Waals surface area (Å²) < 4.78 is 12.9. The standard InChI is InChI=1S/C11H14N4O3/c1-6-11(18-8(4-16)17-6)15-3-2-7-9(12)13-5-14-10(7)15/h2-3,5-6,8,11,16H,4H2,1H3,(H2,12,13,14)/t6-,8-,11+/m1/s1. The van der Waals surface area contributed by atoms with E-state index < -0.39 is 6.29 Å². The van der Waals surface area contributed by atoms with Crippen LogP contribution in [0.3, 0.4) is 0 Å². The maximum absolute atomic E-state index is 9.05. The molecule has 0 radical (unpaired) electrons. The lowest BCUT2D eigenvalue weighted by Crippen LogP contribution is -2.17. The van der Waals surface area contributed by atoms with Crippen molar-refractivity contribution < 1.29 is 14.6 Å².